The third-order valence-electron chi connectivity index (χ3n) is 6.16. The summed E-state index contributed by atoms with van der Waals surface area (Å²) in [5, 5.41) is 18.2. The van der Waals surface area contributed by atoms with Crippen LogP contribution < -0.4 is 15.3 Å². The zero-order chi connectivity index (χ0) is 20.7. The van der Waals surface area contributed by atoms with E-state index in [1.54, 1.807) is 18.3 Å². The van der Waals surface area contributed by atoms with Gasteiger partial charge in [-0.25, -0.2) is 9.97 Å². The van der Waals surface area contributed by atoms with E-state index in [9.17, 15) is 0 Å². The summed E-state index contributed by atoms with van der Waals surface area (Å²) in [6.45, 7) is 3.45. The number of anilines is 2. The molecule has 30 heavy (non-hydrogen) atoms. The minimum absolute atomic E-state index is 0.314. The van der Waals surface area contributed by atoms with Crippen LogP contribution in [-0.4, -0.2) is 77.7 Å². The fourth-order valence-electron chi connectivity index (χ4n) is 4.66. The van der Waals surface area contributed by atoms with Gasteiger partial charge in [-0.3, -0.25) is 0 Å². The van der Waals surface area contributed by atoms with Crippen molar-refractivity contribution in [2.24, 2.45) is 0 Å². The molecule has 0 amide bonds. The molecule has 8 nitrogen and oxygen atoms in total. The number of morpholine rings is 2. The lowest BCUT2D eigenvalue weighted by Crippen LogP contribution is -2.39. The molecule has 0 aromatic carbocycles. The molecule has 4 fully saturated rings. The summed E-state index contributed by atoms with van der Waals surface area (Å²) in [7, 11) is -1.43. The van der Waals surface area contributed by atoms with Crippen molar-refractivity contribution in [3.63, 3.8) is 0 Å². The Morgan fingerprint density at radius 2 is 1.47 bits per heavy atom. The molecule has 2 aromatic rings. The molecule has 2 aromatic heterocycles. The average molecular weight is 475 g/mol. The lowest BCUT2D eigenvalue weighted by Gasteiger charge is -2.28. The van der Waals surface area contributed by atoms with Gasteiger partial charge in [-0.1, -0.05) is 15.9 Å². The standard InChI is InChI=1S/C10H13BN2O3.C10H11BrN2O/c14-11(15)7-1-2-12-10(3-7)13-5-9-4-8(13)6-16-9;11-7-1-2-12-10(3-7)13-5-9-4-8(13)6-14-9/h1-3,8-9,14-15H,4-6H2;1-3,8-9H,4-6H2/t2*8-,9-/m00/s1. The van der Waals surface area contributed by atoms with E-state index in [4.69, 9.17) is 19.5 Å². The van der Waals surface area contributed by atoms with Crippen LogP contribution >= 0.6 is 15.9 Å². The zero-order valence-corrected chi connectivity index (χ0v) is 18.1. The van der Waals surface area contributed by atoms with Gasteiger partial charge in [-0.15, -0.1) is 0 Å². The smallest absolute Gasteiger partial charge is 0.423 e. The minimum atomic E-state index is -1.43. The first-order valence-electron chi connectivity index (χ1n) is 10.3. The van der Waals surface area contributed by atoms with Crippen molar-refractivity contribution in [1.82, 2.24) is 9.97 Å². The second-order valence-electron chi connectivity index (χ2n) is 8.15. The Morgan fingerprint density at radius 1 is 0.900 bits per heavy atom. The van der Waals surface area contributed by atoms with Gasteiger partial charge in [0.05, 0.1) is 37.5 Å². The van der Waals surface area contributed by atoms with Crippen molar-refractivity contribution in [3.05, 3.63) is 41.1 Å². The highest BCUT2D eigenvalue weighted by atomic mass is 79.9. The maximum Gasteiger partial charge on any atom is 0.488 e. The van der Waals surface area contributed by atoms with E-state index < -0.39 is 7.12 Å². The topological polar surface area (TPSA) is 91.2 Å². The Hall–Kier alpha value is -1.72. The van der Waals surface area contributed by atoms with Gasteiger partial charge >= 0.3 is 7.12 Å². The van der Waals surface area contributed by atoms with Crippen LogP contribution in [0.5, 0.6) is 0 Å². The van der Waals surface area contributed by atoms with E-state index in [1.165, 1.54) is 0 Å². The Labute approximate surface area is 184 Å². The first kappa shape index (κ1) is 20.2. The number of hydrogen-bond acceptors (Lipinski definition) is 8. The van der Waals surface area contributed by atoms with Gasteiger partial charge in [0, 0.05) is 30.0 Å². The van der Waals surface area contributed by atoms with E-state index in [-0.39, 0.29) is 0 Å². The summed E-state index contributed by atoms with van der Waals surface area (Å²) in [4.78, 5) is 13.2. The van der Waals surface area contributed by atoms with Crippen molar-refractivity contribution in [1.29, 1.82) is 0 Å². The van der Waals surface area contributed by atoms with Crippen LogP contribution in [0.15, 0.2) is 41.1 Å². The van der Waals surface area contributed by atoms with Crippen LogP contribution in [0.3, 0.4) is 0 Å². The van der Waals surface area contributed by atoms with Gasteiger partial charge in [0.15, 0.2) is 0 Å². The fraction of sp³-hybridized carbons (Fsp3) is 0.500. The minimum Gasteiger partial charge on any atom is -0.423 e. The number of pyridine rings is 2. The SMILES string of the molecule is Brc1ccnc(N2C[C@@H]3C[C@H]2CO3)c1.OB(O)c1ccnc(N2C[C@@H]3C[C@H]2CO3)c1. The number of nitrogens with zero attached hydrogens (tertiary/aromatic N) is 4. The molecule has 4 aliphatic rings. The van der Waals surface area contributed by atoms with Crippen LogP contribution in [0.1, 0.15) is 12.8 Å². The number of fused-ring (bicyclic) bond motifs is 4. The molecular formula is C20H24BBrN4O4. The Kier molecular flexibility index (Phi) is 5.68. The molecule has 0 saturated carbocycles. The van der Waals surface area contributed by atoms with E-state index in [0.29, 0.717) is 29.8 Å². The Balaban J connectivity index is 0.000000130. The molecule has 6 rings (SSSR count). The van der Waals surface area contributed by atoms with Gasteiger partial charge in [0.1, 0.15) is 11.6 Å². The Bertz CT molecular complexity index is 907. The van der Waals surface area contributed by atoms with Crippen LogP contribution in [-0.2, 0) is 9.47 Å². The number of hydrogen-bond donors (Lipinski definition) is 2. The lowest BCUT2D eigenvalue weighted by atomic mass is 9.81. The van der Waals surface area contributed by atoms with Crippen molar-refractivity contribution in [2.45, 2.75) is 37.1 Å². The first-order valence-corrected chi connectivity index (χ1v) is 11.1. The zero-order valence-electron chi connectivity index (χ0n) is 16.5. The van der Waals surface area contributed by atoms with Crippen LogP contribution in [0.4, 0.5) is 11.6 Å². The van der Waals surface area contributed by atoms with Crippen molar-refractivity contribution in [3.8, 4) is 0 Å². The first-order chi connectivity index (χ1) is 14.6. The fourth-order valence-corrected chi connectivity index (χ4v) is 4.99. The molecule has 0 radical (unpaired) electrons. The van der Waals surface area contributed by atoms with E-state index in [0.717, 1.165) is 55.3 Å². The highest BCUT2D eigenvalue weighted by molar-refractivity contribution is 9.10. The normalized spacial score (nSPS) is 28.6. The highest BCUT2D eigenvalue weighted by Gasteiger charge is 2.40. The molecule has 4 aliphatic heterocycles. The predicted octanol–water partition coefficient (Wildman–Crippen LogP) is 0.560. The predicted molar refractivity (Wildman–Crippen MR) is 117 cm³/mol. The summed E-state index contributed by atoms with van der Waals surface area (Å²) in [6, 6.07) is 8.30. The quantitative estimate of drug-likeness (QED) is 0.623. The van der Waals surface area contributed by atoms with Gasteiger partial charge in [-0.05, 0) is 42.6 Å². The summed E-state index contributed by atoms with van der Waals surface area (Å²) in [5.74, 6) is 1.87. The molecule has 0 aliphatic carbocycles. The van der Waals surface area contributed by atoms with E-state index in [1.807, 2.05) is 12.3 Å². The van der Waals surface area contributed by atoms with Crippen LogP contribution in [0.2, 0.25) is 0 Å². The lowest BCUT2D eigenvalue weighted by molar-refractivity contribution is 0.0987. The third kappa shape index (κ3) is 4.07. The highest BCUT2D eigenvalue weighted by Crippen LogP contribution is 2.32. The summed E-state index contributed by atoms with van der Waals surface area (Å²) in [6.07, 6.45) is 6.40. The van der Waals surface area contributed by atoms with Crippen molar-refractivity contribution in [2.75, 3.05) is 36.1 Å². The van der Waals surface area contributed by atoms with Crippen molar-refractivity contribution >= 4 is 40.1 Å². The second-order valence-corrected chi connectivity index (χ2v) is 9.06. The number of rotatable bonds is 3. The van der Waals surface area contributed by atoms with Crippen molar-refractivity contribution < 1.29 is 19.5 Å². The average Bonchev–Trinajstić information content (AvgIpc) is 3.56. The van der Waals surface area contributed by atoms with Crippen LogP contribution in [0, 0.1) is 0 Å². The molecule has 158 valence electrons. The molecule has 4 atom stereocenters. The number of halogens is 1. The molecule has 10 heteroatoms. The second kappa shape index (κ2) is 8.43. The largest absolute Gasteiger partial charge is 0.488 e. The molecule has 6 heterocycles. The number of aromatic nitrogens is 2. The molecule has 4 saturated heterocycles. The van der Waals surface area contributed by atoms with Gasteiger partial charge < -0.3 is 29.3 Å². The third-order valence-corrected chi connectivity index (χ3v) is 6.66. The molecule has 0 unspecified atom stereocenters. The monoisotopic (exact) mass is 474 g/mol. The maximum atomic E-state index is 9.11. The molecular weight excluding hydrogens is 451 g/mol. The summed E-state index contributed by atoms with van der Waals surface area (Å²) in [5.41, 5.74) is 0.480. The van der Waals surface area contributed by atoms with Gasteiger partial charge in [0.25, 0.3) is 0 Å². The molecule has 2 N–H and O–H groups in total. The summed E-state index contributed by atoms with van der Waals surface area (Å²) >= 11 is 3.46. The van der Waals surface area contributed by atoms with E-state index in [2.05, 4.69) is 41.8 Å². The summed E-state index contributed by atoms with van der Waals surface area (Å²) < 4.78 is 12.2. The van der Waals surface area contributed by atoms with E-state index >= 15 is 0 Å². The van der Waals surface area contributed by atoms with Gasteiger partial charge in [-0.2, -0.15) is 0 Å². The maximum absolute atomic E-state index is 9.11. The molecule has 4 bridgehead atoms. The van der Waals surface area contributed by atoms with Crippen LogP contribution in [0.25, 0.3) is 0 Å². The molecule has 0 spiro atoms. The Morgan fingerprint density at radius 3 is 1.93 bits per heavy atom. The van der Waals surface area contributed by atoms with Gasteiger partial charge in [0.2, 0.25) is 0 Å². The number of ether oxygens (including phenoxy) is 2.